The minimum atomic E-state index is 0.798. The van der Waals surface area contributed by atoms with Gasteiger partial charge in [-0.2, -0.15) is 0 Å². The van der Waals surface area contributed by atoms with E-state index in [1.165, 1.54) is 10.5 Å². The topological polar surface area (TPSA) is 38.9 Å². The Bertz CT molecular complexity index is 721. The molecule has 0 spiro atoms. The van der Waals surface area contributed by atoms with Crippen LogP contribution in [0.1, 0.15) is 0 Å². The first-order valence-electron chi connectivity index (χ1n) is 6.22. The number of anilines is 1. The molecule has 0 aliphatic heterocycles. The molecule has 1 heterocycles. The molecule has 100 valence electrons. The lowest BCUT2D eigenvalue weighted by molar-refractivity contribution is 1.41. The van der Waals surface area contributed by atoms with Gasteiger partial charge in [0.05, 0.1) is 0 Å². The first kappa shape index (κ1) is 13.2. The van der Waals surface area contributed by atoms with Crippen LogP contribution in [0, 0.1) is 0 Å². The summed E-state index contributed by atoms with van der Waals surface area (Å²) in [5.74, 6) is 0. The first-order chi connectivity index (χ1) is 9.79. The summed E-state index contributed by atoms with van der Waals surface area (Å²) < 4.78 is 0. The van der Waals surface area contributed by atoms with Crippen LogP contribution >= 0.6 is 23.1 Å². The molecule has 0 bridgehead atoms. The third kappa shape index (κ3) is 2.44. The van der Waals surface area contributed by atoms with E-state index in [0.717, 1.165) is 21.8 Å². The second-order valence-corrected chi connectivity index (χ2v) is 6.08. The van der Waals surface area contributed by atoms with Crippen LogP contribution in [0.2, 0.25) is 0 Å². The van der Waals surface area contributed by atoms with E-state index in [2.05, 4.69) is 35.5 Å². The van der Waals surface area contributed by atoms with Crippen molar-refractivity contribution < 1.29 is 0 Å². The summed E-state index contributed by atoms with van der Waals surface area (Å²) in [6.07, 6.45) is 3.91. The van der Waals surface area contributed by atoms with Crippen molar-refractivity contribution in [2.24, 2.45) is 0 Å². The molecule has 0 amide bonds. The van der Waals surface area contributed by atoms with Gasteiger partial charge in [0.1, 0.15) is 5.01 Å². The third-order valence-electron chi connectivity index (χ3n) is 3.13. The van der Waals surface area contributed by atoms with Gasteiger partial charge in [0.15, 0.2) is 0 Å². The molecular formula is C16H14N2S2. The highest BCUT2D eigenvalue weighted by molar-refractivity contribution is 7.98. The van der Waals surface area contributed by atoms with E-state index in [1.807, 2.05) is 29.8 Å². The summed E-state index contributed by atoms with van der Waals surface area (Å²) in [5, 5.41) is 3.01. The molecule has 0 saturated carbocycles. The standard InChI is InChI=1S/C16H14N2S2/c1-19-15-5-3-2-4-12(15)13-10-11(6-7-14(13)17)16-18-8-9-20-16/h2-10H,17H2,1H3. The highest BCUT2D eigenvalue weighted by atomic mass is 32.2. The number of nitrogens with two attached hydrogens (primary N) is 1. The van der Waals surface area contributed by atoms with Crippen molar-refractivity contribution in [3.63, 3.8) is 0 Å². The molecule has 0 radical (unpaired) electrons. The van der Waals surface area contributed by atoms with Gasteiger partial charge in [-0.3, -0.25) is 0 Å². The van der Waals surface area contributed by atoms with E-state index in [1.54, 1.807) is 23.1 Å². The molecule has 0 saturated heterocycles. The van der Waals surface area contributed by atoms with Gasteiger partial charge < -0.3 is 5.73 Å². The zero-order valence-corrected chi connectivity index (χ0v) is 12.7. The Morgan fingerprint density at radius 1 is 1.10 bits per heavy atom. The fourth-order valence-corrected chi connectivity index (χ4v) is 3.40. The third-order valence-corrected chi connectivity index (χ3v) is 4.75. The summed E-state index contributed by atoms with van der Waals surface area (Å²) >= 11 is 3.37. The van der Waals surface area contributed by atoms with E-state index < -0.39 is 0 Å². The zero-order valence-electron chi connectivity index (χ0n) is 11.0. The van der Waals surface area contributed by atoms with Crippen LogP contribution in [0.3, 0.4) is 0 Å². The van der Waals surface area contributed by atoms with Crippen molar-refractivity contribution in [3.05, 3.63) is 54.0 Å². The summed E-state index contributed by atoms with van der Waals surface area (Å²) in [5.41, 5.74) is 10.3. The Labute approximate surface area is 126 Å². The number of hydrogen-bond donors (Lipinski definition) is 1. The highest BCUT2D eigenvalue weighted by Crippen LogP contribution is 2.36. The normalized spacial score (nSPS) is 10.7. The van der Waals surface area contributed by atoms with Crippen LogP contribution in [0.4, 0.5) is 5.69 Å². The van der Waals surface area contributed by atoms with Gasteiger partial charge in [0.25, 0.3) is 0 Å². The summed E-state index contributed by atoms with van der Waals surface area (Å²) in [6.45, 7) is 0. The lowest BCUT2D eigenvalue weighted by Crippen LogP contribution is -1.92. The molecule has 0 aliphatic carbocycles. The monoisotopic (exact) mass is 298 g/mol. The van der Waals surface area contributed by atoms with Crippen molar-refractivity contribution in [2.45, 2.75) is 4.90 Å². The average Bonchev–Trinajstić information content (AvgIpc) is 3.02. The van der Waals surface area contributed by atoms with Gasteiger partial charge in [0, 0.05) is 33.3 Å². The van der Waals surface area contributed by atoms with Crippen LogP contribution in [0.5, 0.6) is 0 Å². The largest absolute Gasteiger partial charge is 0.398 e. The first-order valence-corrected chi connectivity index (χ1v) is 8.33. The van der Waals surface area contributed by atoms with Crippen LogP contribution in [-0.4, -0.2) is 11.2 Å². The van der Waals surface area contributed by atoms with Gasteiger partial charge in [-0.05, 0) is 36.1 Å². The van der Waals surface area contributed by atoms with Crippen molar-refractivity contribution in [1.82, 2.24) is 4.98 Å². The molecule has 1 aromatic heterocycles. The Hall–Kier alpha value is -1.78. The Morgan fingerprint density at radius 2 is 1.95 bits per heavy atom. The number of aromatic nitrogens is 1. The van der Waals surface area contributed by atoms with E-state index in [4.69, 9.17) is 5.73 Å². The molecule has 0 aliphatic rings. The van der Waals surface area contributed by atoms with E-state index >= 15 is 0 Å². The molecule has 0 atom stereocenters. The predicted molar refractivity (Wildman–Crippen MR) is 89.2 cm³/mol. The molecule has 20 heavy (non-hydrogen) atoms. The number of rotatable bonds is 3. The Morgan fingerprint density at radius 3 is 2.70 bits per heavy atom. The Kier molecular flexibility index (Phi) is 3.76. The minimum Gasteiger partial charge on any atom is -0.398 e. The second kappa shape index (κ2) is 5.69. The SMILES string of the molecule is CSc1ccccc1-c1cc(-c2nccs2)ccc1N. The molecule has 2 nitrogen and oxygen atoms in total. The van der Waals surface area contributed by atoms with Crippen LogP contribution in [0.15, 0.2) is 58.9 Å². The maximum Gasteiger partial charge on any atom is 0.123 e. The average molecular weight is 298 g/mol. The molecule has 2 N–H and O–H groups in total. The van der Waals surface area contributed by atoms with E-state index in [0.29, 0.717) is 0 Å². The van der Waals surface area contributed by atoms with E-state index in [9.17, 15) is 0 Å². The number of thiazole rings is 1. The van der Waals surface area contributed by atoms with E-state index in [-0.39, 0.29) is 0 Å². The second-order valence-electron chi connectivity index (χ2n) is 4.34. The zero-order chi connectivity index (χ0) is 13.9. The molecule has 3 aromatic rings. The minimum absolute atomic E-state index is 0.798. The fourth-order valence-electron chi connectivity index (χ4n) is 2.16. The molecule has 0 unspecified atom stereocenters. The van der Waals surface area contributed by atoms with Crippen LogP contribution in [-0.2, 0) is 0 Å². The van der Waals surface area contributed by atoms with Crippen LogP contribution < -0.4 is 5.73 Å². The quantitative estimate of drug-likeness (QED) is 0.558. The highest BCUT2D eigenvalue weighted by Gasteiger charge is 2.10. The summed E-state index contributed by atoms with van der Waals surface area (Å²) in [4.78, 5) is 5.60. The number of nitrogens with zero attached hydrogens (tertiary/aromatic N) is 1. The summed E-state index contributed by atoms with van der Waals surface area (Å²) in [7, 11) is 0. The number of hydrogen-bond acceptors (Lipinski definition) is 4. The van der Waals surface area contributed by atoms with Gasteiger partial charge in [-0.1, -0.05) is 18.2 Å². The lowest BCUT2D eigenvalue weighted by atomic mass is 10.0. The van der Waals surface area contributed by atoms with Gasteiger partial charge in [-0.15, -0.1) is 23.1 Å². The molecule has 2 aromatic carbocycles. The van der Waals surface area contributed by atoms with Gasteiger partial charge >= 0.3 is 0 Å². The van der Waals surface area contributed by atoms with Crippen molar-refractivity contribution in [3.8, 4) is 21.7 Å². The lowest BCUT2D eigenvalue weighted by Gasteiger charge is -2.11. The predicted octanol–water partition coefficient (Wildman–Crippen LogP) is 4.78. The maximum atomic E-state index is 6.17. The smallest absolute Gasteiger partial charge is 0.123 e. The number of benzene rings is 2. The van der Waals surface area contributed by atoms with Crippen molar-refractivity contribution >= 4 is 28.8 Å². The van der Waals surface area contributed by atoms with Crippen molar-refractivity contribution in [1.29, 1.82) is 0 Å². The number of nitrogen functional groups attached to an aromatic ring is 1. The molecule has 3 rings (SSSR count). The maximum absolute atomic E-state index is 6.17. The van der Waals surface area contributed by atoms with Crippen molar-refractivity contribution in [2.75, 3.05) is 12.0 Å². The number of thioether (sulfide) groups is 1. The molecule has 0 fully saturated rings. The Balaban J connectivity index is 2.16. The fraction of sp³-hybridized carbons (Fsp3) is 0.0625. The van der Waals surface area contributed by atoms with Gasteiger partial charge in [-0.25, -0.2) is 4.98 Å². The van der Waals surface area contributed by atoms with Crippen LogP contribution in [0.25, 0.3) is 21.7 Å². The van der Waals surface area contributed by atoms with Gasteiger partial charge in [0.2, 0.25) is 0 Å². The molecule has 4 heteroatoms. The molecular weight excluding hydrogens is 284 g/mol. The summed E-state index contributed by atoms with van der Waals surface area (Å²) in [6, 6.07) is 14.4.